The molecule has 0 bridgehead atoms. The summed E-state index contributed by atoms with van der Waals surface area (Å²) in [4.78, 5) is 12.2. The number of carbonyl (C=O) groups excluding carboxylic acids is 1. The van der Waals surface area contributed by atoms with Gasteiger partial charge in [-0.2, -0.15) is 0 Å². The van der Waals surface area contributed by atoms with Crippen molar-refractivity contribution < 1.29 is 19.1 Å². The summed E-state index contributed by atoms with van der Waals surface area (Å²) in [6.45, 7) is 8.77. The van der Waals surface area contributed by atoms with Crippen molar-refractivity contribution in [2.45, 2.75) is 58.3 Å². The summed E-state index contributed by atoms with van der Waals surface area (Å²) in [7, 11) is 0. The monoisotopic (exact) mass is 396 g/mol. The molecule has 1 fully saturated rings. The fourth-order valence-electron chi connectivity index (χ4n) is 4.97. The lowest BCUT2D eigenvalue weighted by atomic mass is 9.72. The first-order chi connectivity index (χ1) is 13.9. The van der Waals surface area contributed by atoms with Crippen LogP contribution in [0.25, 0.3) is 0 Å². The molecule has 156 valence electrons. The van der Waals surface area contributed by atoms with Crippen LogP contribution in [0, 0.1) is 5.92 Å². The Labute approximate surface area is 174 Å². The van der Waals surface area contributed by atoms with Crippen LogP contribution in [-0.4, -0.2) is 40.4 Å². The Kier molecular flexibility index (Phi) is 6.76. The van der Waals surface area contributed by atoms with Crippen LogP contribution in [-0.2, 0) is 22.6 Å². The Morgan fingerprint density at radius 1 is 1.07 bits per heavy atom. The third-order valence-corrected chi connectivity index (χ3v) is 6.00. The summed E-state index contributed by atoms with van der Waals surface area (Å²) in [5, 5.41) is 11.5. The highest BCUT2D eigenvalue weighted by Crippen LogP contribution is 2.46. The van der Waals surface area contributed by atoms with Crippen LogP contribution in [0.2, 0.25) is 0 Å². The van der Waals surface area contributed by atoms with Crippen LogP contribution >= 0.6 is 0 Å². The molecular weight excluding hydrogens is 362 g/mol. The minimum absolute atomic E-state index is 0.00711. The first-order valence-electron chi connectivity index (χ1n) is 10.7. The van der Waals surface area contributed by atoms with Crippen molar-refractivity contribution in [1.82, 2.24) is 0 Å². The zero-order chi connectivity index (χ0) is 20.9. The normalized spacial score (nSPS) is 22.9. The Morgan fingerprint density at radius 2 is 1.59 bits per heavy atom. The number of hydrogen-bond donors (Lipinski definition) is 1. The highest BCUT2D eigenvalue weighted by Gasteiger charge is 2.64. The third-order valence-electron chi connectivity index (χ3n) is 6.00. The molecule has 2 aromatic rings. The molecule has 4 nitrogen and oxygen atoms in total. The number of aliphatic hydroxyl groups is 1. The van der Waals surface area contributed by atoms with Gasteiger partial charge in [-0.25, -0.2) is 0 Å². The average Bonchev–Trinajstić information content (AvgIpc) is 2.67. The standard InChI is InChI=1S/C25H34NO3/c1-4-29-24(27)16-25(28)19-26(23(25)15-20(2)3,17-21-11-7-5-8-12-21)18-22-13-9-6-10-14-22/h5-14,20,23,28H,4,15-19H2,1-3H3/q+1/t23-,25-/m0/s1. The van der Waals surface area contributed by atoms with E-state index >= 15 is 0 Å². The summed E-state index contributed by atoms with van der Waals surface area (Å²) in [6.07, 6.45) is 0.942. The lowest BCUT2D eigenvalue weighted by molar-refractivity contribution is -1.03. The fraction of sp³-hybridized carbons (Fsp3) is 0.480. The molecule has 0 spiro atoms. The van der Waals surface area contributed by atoms with Gasteiger partial charge < -0.3 is 14.3 Å². The second-order valence-corrected chi connectivity index (χ2v) is 8.89. The second-order valence-electron chi connectivity index (χ2n) is 8.89. The maximum absolute atomic E-state index is 12.2. The van der Waals surface area contributed by atoms with Crippen molar-refractivity contribution >= 4 is 5.97 Å². The van der Waals surface area contributed by atoms with Gasteiger partial charge >= 0.3 is 5.97 Å². The van der Waals surface area contributed by atoms with Crippen LogP contribution in [0.3, 0.4) is 0 Å². The molecule has 0 aliphatic carbocycles. The fourth-order valence-corrected chi connectivity index (χ4v) is 4.97. The number of carbonyl (C=O) groups is 1. The minimum Gasteiger partial charge on any atom is -0.466 e. The minimum atomic E-state index is -1.01. The Balaban J connectivity index is 1.93. The summed E-state index contributed by atoms with van der Waals surface area (Å²) in [5.74, 6) is 0.124. The third kappa shape index (κ3) is 5.06. The molecule has 3 rings (SSSR count). The zero-order valence-electron chi connectivity index (χ0n) is 17.9. The van der Waals surface area contributed by atoms with Gasteiger partial charge in [-0.15, -0.1) is 0 Å². The molecule has 0 saturated carbocycles. The molecule has 1 N–H and O–H groups in total. The van der Waals surface area contributed by atoms with Gasteiger partial charge in [0.15, 0.2) is 5.60 Å². The second kappa shape index (κ2) is 9.10. The van der Waals surface area contributed by atoms with Crippen molar-refractivity contribution in [2.75, 3.05) is 13.2 Å². The molecule has 1 aliphatic heterocycles. The molecule has 0 unspecified atom stereocenters. The maximum atomic E-state index is 12.2. The Bertz CT molecular complexity index is 749. The zero-order valence-corrected chi connectivity index (χ0v) is 17.9. The Morgan fingerprint density at radius 3 is 2.03 bits per heavy atom. The van der Waals surface area contributed by atoms with Crippen molar-refractivity contribution in [2.24, 2.45) is 5.92 Å². The highest BCUT2D eigenvalue weighted by atomic mass is 16.5. The SMILES string of the molecule is CCOC(=O)C[C@]1(O)C[N+](Cc2ccccc2)(Cc2ccccc2)[C@H]1CC(C)C. The number of quaternary nitrogens is 1. The summed E-state index contributed by atoms with van der Waals surface area (Å²) < 4.78 is 5.93. The first-order valence-corrected chi connectivity index (χ1v) is 10.7. The molecule has 0 radical (unpaired) electrons. The number of rotatable bonds is 9. The molecule has 0 aromatic heterocycles. The number of hydrogen-bond acceptors (Lipinski definition) is 3. The molecule has 4 heteroatoms. The number of ether oxygens (including phenoxy) is 1. The van der Waals surface area contributed by atoms with E-state index in [1.165, 1.54) is 11.1 Å². The summed E-state index contributed by atoms with van der Waals surface area (Å²) >= 11 is 0. The van der Waals surface area contributed by atoms with E-state index in [1.54, 1.807) is 6.92 Å². The van der Waals surface area contributed by atoms with E-state index < -0.39 is 5.60 Å². The predicted octanol–water partition coefficient (Wildman–Crippen LogP) is 4.32. The van der Waals surface area contributed by atoms with Crippen LogP contribution in [0.4, 0.5) is 0 Å². The lowest BCUT2D eigenvalue weighted by Gasteiger charge is -2.61. The van der Waals surface area contributed by atoms with Gasteiger partial charge in [0.05, 0.1) is 13.0 Å². The molecule has 2 aromatic carbocycles. The van der Waals surface area contributed by atoms with Crippen molar-refractivity contribution in [3.05, 3.63) is 71.8 Å². The molecule has 1 saturated heterocycles. The van der Waals surface area contributed by atoms with E-state index in [-0.39, 0.29) is 18.4 Å². The van der Waals surface area contributed by atoms with Gasteiger partial charge in [0.25, 0.3) is 0 Å². The highest BCUT2D eigenvalue weighted by molar-refractivity contribution is 5.71. The molecule has 1 heterocycles. The number of benzene rings is 2. The van der Waals surface area contributed by atoms with Crippen LogP contribution in [0.15, 0.2) is 60.7 Å². The Hall–Kier alpha value is -2.17. The largest absolute Gasteiger partial charge is 0.466 e. The van der Waals surface area contributed by atoms with Gasteiger partial charge in [0, 0.05) is 17.5 Å². The number of esters is 1. The summed E-state index contributed by atoms with van der Waals surface area (Å²) in [5.41, 5.74) is 1.51. The lowest BCUT2D eigenvalue weighted by Crippen LogP contribution is -2.80. The van der Waals surface area contributed by atoms with Gasteiger partial charge in [-0.05, 0) is 12.8 Å². The van der Waals surface area contributed by atoms with Gasteiger partial charge in [-0.1, -0.05) is 74.5 Å². The van der Waals surface area contributed by atoms with Crippen LogP contribution in [0.5, 0.6) is 0 Å². The van der Waals surface area contributed by atoms with E-state index in [1.807, 2.05) is 12.1 Å². The quantitative estimate of drug-likeness (QED) is 0.507. The summed E-state index contributed by atoms with van der Waals surface area (Å²) in [6, 6.07) is 20.9. The number of likely N-dealkylation sites (tertiary alicyclic amines) is 1. The van der Waals surface area contributed by atoms with E-state index in [2.05, 4.69) is 62.4 Å². The van der Waals surface area contributed by atoms with Crippen molar-refractivity contribution in [3.8, 4) is 0 Å². The topological polar surface area (TPSA) is 46.5 Å². The molecule has 2 atom stereocenters. The van der Waals surface area contributed by atoms with Crippen LogP contribution < -0.4 is 0 Å². The average molecular weight is 397 g/mol. The van der Waals surface area contributed by atoms with Crippen molar-refractivity contribution in [3.63, 3.8) is 0 Å². The van der Waals surface area contributed by atoms with Crippen molar-refractivity contribution in [1.29, 1.82) is 0 Å². The molecular formula is C25H34NO3+. The van der Waals surface area contributed by atoms with Crippen LogP contribution in [0.1, 0.15) is 44.7 Å². The predicted molar refractivity (Wildman–Crippen MR) is 115 cm³/mol. The van der Waals surface area contributed by atoms with Gasteiger partial charge in [0.2, 0.25) is 0 Å². The molecule has 29 heavy (non-hydrogen) atoms. The van der Waals surface area contributed by atoms with E-state index in [0.717, 1.165) is 24.0 Å². The molecule has 0 amide bonds. The van der Waals surface area contributed by atoms with E-state index in [0.29, 0.717) is 19.1 Å². The maximum Gasteiger partial charge on any atom is 0.309 e. The van der Waals surface area contributed by atoms with E-state index in [9.17, 15) is 9.90 Å². The van der Waals surface area contributed by atoms with Gasteiger partial charge in [-0.3, -0.25) is 4.79 Å². The first kappa shape index (κ1) is 21.5. The molecule has 1 aliphatic rings. The number of nitrogens with zero attached hydrogens (tertiary/aromatic N) is 1. The van der Waals surface area contributed by atoms with Gasteiger partial charge in [0.1, 0.15) is 25.7 Å². The smallest absolute Gasteiger partial charge is 0.309 e. The van der Waals surface area contributed by atoms with E-state index in [4.69, 9.17) is 4.74 Å².